The first-order valence-electron chi connectivity index (χ1n) is 12.1. The second-order valence-electron chi connectivity index (χ2n) is 10.5. The standard InChI is InChI=1S/C13H14.C12H18.C7H10/c1-8-3-10-7-11-4-9(2)6-13(11)12(10)5-8;1-7-8(2)10(4)12(6)11(5)9(7)3;1-6-3-4-7(2)5-6/h3-4H,5-7H2,1-2H3;1-6H3;3-4H,5H2,1-2H3. The molecule has 4 aliphatic rings. The van der Waals surface area contributed by atoms with E-state index in [9.17, 15) is 0 Å². The largest absolute Gasteiger partial charge is 0.0693 e. The van der Waals surface area contributed by atoms with Crippen LogP contribution in [0.4, 0.5) is 0 Å². The lowest BCUT2D eigenvalue weighted by molar-refractivity contribution is 1.09. The first-order valence-corrected chi connectivity index (χ1v) is 12.1. The Hall–Kier alpha value is -2.34. The molecule has 1 aromatic rings. The highest BCUT2D eigenvalue weighted by molar-refractivity contribution is 5.63. The van der Waals surface area contributed by atoms with Gasteiger partial charge in [0.05, 0.1) is 0 Å². The SMILES string of the molecule is CC1=CC2=C(C1)C1=C(C=C(C)C1)C2.CC1=CC=C(C)C1.Cc1c(C)c(C)c(C)c(C)c1C. The Morgan fingerprint density at radius 1 is 0.375 bits per heavy atom. The topological polar surface area (TPSA) is 0 Å². The molecule has 0 saturated heterocycles. The summed E-state index contributed by atoms with van der Waals surface area (Å²) in [5.41, 5.74) is 21.3. The van der Waals surface area contributed by atoms with Crippen LogP contribution in [0.1, 0.15) is 86.8 Å². The Balaban J connectivity index is 0.000000142. The van der Waals surface area contributed by atoms with Crippen molar-refractivity contribution in [3.05, 3.63) is 102 Å². The minimum absolute atomic E-state index is 1.19. The monoisotopic (exact) mass is 426 g/mol. The van der Waals surface area contributed by atoms with Crippen LogP contribution in [0.5, 0.6) is 0 Å². The normalized spacial score (nSPS) is 18.3. The van der Waals surface area contributed by atoms with E-state index >= 15 is 0 Å². The summed E-state index contributed by atoms with van der Waals surface area (Å²) >= 11 is 0. The summed E-state index contributed by atoms with van der Waals surface area (Å²) < 4.78 is 0. The third kappa shape index (κ3) is 5.01. The molecule has 0 nitrogen and oxygen atoms in total. The molecule has 0 heterocycles. The van der Waals surface area contributed by atoms with Crippen LogP contribution in [0, 0.1) is 41.5 Å². The molecule has 0 atom stereocenters. The fraction of sp³-hybridized carbons (Fsp3) is 0.438. The summed E-state index contributed by atoms with van der Waals surface area (Å²) in [5, 5.41) is 0. The minimum Gasteiger partial charge on any atom is -0.0693 e. The van der Waals surface area contributed by atoms with Gasteiger partial charge in [0.25, 0.3) is 0 Å². The zero-order chi connectivity index (χ0) is 23.7. The molecule has 0 bridgehead atoms. The van der Waals surface area contributed by atoms with E-state index in [-0.39, 0.29) is 0 Å². The first kappa shape index (κ1) is 24.3. The highest BCUT2D eigenvalue weighted by Gasteiger charge is 2.28. The molecule has 0 fully saturated rings. The van der Waals surface area contributed by atoms with Crippen molar-refractivity contribution >= 4 is 0 Å². The van der Waals surface area contributed by atoms with Gasteiger partial charge in [0.1, 0.15) is 0 Å². The number of rotatable bonds is 0. The summed E-state index contributed by atoms with van der Waals surface area (Å²) in [5.74, 6) is 0. The van der Waals surface area contributed by atoms with Crippen LogP contribution >= 0.6 is 0 Å². The van der Waals surface area contributed by atoms with Crippen LogP contribution in [0.2, 0.25) is 0 Å². The number of allylic oxidation sites excluding steroid dienone is 12. The van der Waals surface area contributed by atoms with E-state index in [0.29, 0.717) is 0 Å². The van der Waals surface area contributed by atoms with Crippen LogP contribution in [0.25, 0.3) is 0 Å². The zero-order valence-electron chi connectivity index (χ0n) is 22.1. The average molecular weight is 427 g/mol. The van der Waals surface area contributed by atoms with E-state index in [1.165, 1.54) is 70.2 Å². The van der Waals surface area contributed by atoms with Crippen LogP contribution in [-0.2, 0) is 0 Å². The van der Waals surface area contributed by atoms with Gasteiger partial charge in [0.2, 0.25) is 0 Å². The van der Waals surface area contributed by atoms with Crippen molar-refractivity contribution in [2.45, 2.75) is 94.9 Å². The lowest BCUT2D eigenvalue weighted by atomic mass is 9.90. The summed E-state index contributed by atoms with van der Waals surface area (Å²) in [7, 11) is 0. The molecule has 0 amide bonds. The maximum absolute atomic E-state index is 2.39. The van der Waals surface area contributed by atoms with Gasteiger partial charge in [-0.05, 0) is 151 Å². The number of hydrogen-bond donors (Lipinski definition) is 0. The summed E-state index contributed by atoms with van der Waals surface area (Å²) in [6, 6.07) is 0. The maximum atomic E-state index is 2.39. The smallest absolute Gasteiger partial charge is 0.00199 e. The van der Waals surface area contributed by atoms with Crippen molar-refractivity contribution in [2.24, 2.45) is 0 Å². The molecule has 0 saturated carbocycles. The molecule has 0 aliphatic heterocycles. The molecule has 0 unspecified atom stereocenters. The molecule has 1 aromatic carbocycles. The van der Waals surface area contributed by atoms with Gasteiger partial charge in [-0.3, -0.25) is 0 Å². The molecule has 0 spiro atoms. The summed E-state index contributed by atoms with van der Waals surface area (Å²) in [6.07, 6.45) is 14.0. The summed E-state index contributed by atoms with van der Waals surface area (Å²) in [4.78, 5) is 0. The van der Waals surface area contributed by atoms with Crippen molar-refractivity contribution in [3.8, 4) is 0 Å². The average Bonchev–Trinajstić information content (AvgIpc) is 3.47. The van der Waals surface area contributed by atoms with Gasteiger partial charge in [-0.1, -0.05) is 46.6 Å². The first-order chi connectivity index (χ1) is 15.0. The number of hydrogen-bond acceptors (Lipinski definition) is 0. The molecule has 32 heavy (non-hydrogen) atoms. The highest BCUT2D eigenvalue weighted by atomic mass is 14.3. The van der Waals surface area contributed by atoms with E-state index in [4.69, 9.17) is 0 Å². The fourth-order valence-corrected chi connectivity index (χ4v) is 5.31. The van der Waals surface area contributed by atoms with E-state index in [2.05, 4.69) is 93.5 Å². The van der Waals surface area contributed by atoms with E-state index < -0.39 is 0 Å². The molecule has 5 rings (SSSR count). The van der Waals surface area contributed by atoms with E-state index in [1.54, 1.807) is 33.4 Å². The Bertz CT molecular complexity index is 972. The lowest BCUT2D eigenvalue weighted by Gasteiger charge is -2.15. The quantitative estimate of drug-likeness (QED) is 0.387. The van der Waals surface area contributed by atoms with E-state index in [0.717, 1.165) is 0 Å². The van der Waals surface area contributed by atoms with Crippen molar-refractivity contribution in [1.29, 1.82) is 0 Å². The van der Waals surface area contributed by atoms with Crippen molar-refractivity contribution in [1.82, 2.24) is 0 Å². The molecule has 0 aromatic heterocycles. The van der Waals surface area contributed by atoms with Gasteiger partial charge in [0.15, 0.2) is 0 Å². The van der Waals surface area contributed by atoms with Crippen LogP contribution in [-0.4, -0.2) is 0 Å². The van der Waals surface area contributed by atoms with Gasteiger partial charge in [-0.25, -0.2) is 0 Å². The zero-order valence-corrected chi connectivity index (χ0v) is 22.1. The fourth-order valence-electron chi connectivity index (χ4n) is 5.31. The van der Waals surface area contributed by atoms with E-state index in [1.807, 2.05) is 0 Å². The molecule has 0 heteroatoms. The van der Waals surface area contributed by atoms with Gasteiger partial charge in [-0.15, -0.1) is 0 Å². The molecule has 4 aliphatic carbocycles. The van der Waals surface area contributed by atoms with Gasteiger partial charge >= 0.3 is 0 Å². The molecule has 0 N–H and O–H groups in total. The van der Waals surface area contributed by atoms with Gasteiger partial charge in [0, 0.05) is 0 Å². The predicted octanol–water partition coefficient (Wildman–Crippen LogP) is 9.50. The third-order valence-corrected chi connectivity index (χ3v) is 7.86. The second-order valence-corrected chi connectivity index (χ2v) is 10.5. The maximum Gasteiger partial charge on any atom is -0.00199 e. The second kappa shape index (κ2) is 9.65. The molecular weight excluding hydrogens is 384 g/mol. The highest BCUT2D eigenvalue weighted by Crippen LogP contribution is 2.47. The van der Waals surface area contributed by atoms with Gasteiger partial charge in [-0.2, -0.15) is 0 Å². The Labute approximate surface area is 197 Å². The molecule has 0 radical (unpaired) electrons. The minimum atomic E-state index is 1.19. The number of fused-ring (bicyclic) bond motifs is 1. The Morgan fingerprint density at radius 3 is 0.938 bits per heavy atom. The predicted molar refractivity (Wildman–Crippen MR) is 142 cm³/mol. The molecular formula is C32H42. The van der Waals surface area contributed by atoms with Crippen LogP contribution in [0.15, 0.2) is 68.9 Å². The van der Waals surface area contributed by atoms with Gasteiger partial charge < -0.3 is 0 Å². The number of benzene rings is 1. The Kier molecular flexibility index (Phi) is 7.33. The summed E-state index contributed by atoms with van der Waals surface area (Å²) in [6.45, 7) is 22.1. The third-order valence-electron chi connectivity index (χ3n) is 7.86. The van der Waals surface area contributed by atoms with Crippen molar-refractivity contribution in [3.63, 3.8) is 0 Å². The lowest BCUT2D eigenvalue weighted by Crippen LogP contribution is -1.98. The van der Waals surface area contributed by atoms with Crippen LogP contribution < -0.4 is 0 Å². The van der Waals surface area contributed by atoms with Crippen molar-refractivity contribution < 1.29 is 0 Å². The molecule has 170 valence electrons. The van der Waals surface area contributed by atoms with Crippen molar-refractivity contribution in [2.75, 3.05) is 0 Å². The van der Waals surface area contributed by atoms with Crippen LogP contribution in [0.3, 0.4) is 0 Å². The Morgan fingerprint density at radius 2 is 0.688 bits per heavy atom.